The molecular formula is C22H17BrO3. The summed E-state index contributed by atoms with van der Waals surface area (Å²) in [6.45, 7) is 2.10. The highest BCUT2D eigenvalue weighted by Gasteiger charge is 2.29. The molecule has 130 valence electrons. The van der Waals surface area contributed by atoms with Crippen LogP contribution in [0, 0.1) is 0 Å². The van der Waals surface area contributed by atoms with Crippen LogP contribution in [0.25, 0.3) is 10.8 Å². The Morgan fingerprint density at radius 3 is 2.62 bits per heavy atom. The van der Waals surface area contributed by atoms with Gasteiger partial charge >= 0.3 is 5.97 Å². The number of ether oxygens (including phenoxy) is 2. The SMILES string of the molecule is CCOC(=O)C1=CC(c2ccc(Br)cc2)c2c(ccc3ccccc23)O1. The van der Waals surface area contributed by atoms with Crippen molar-refractivity contribution in [1.82, 2.24) is 0 Å². The molecule has 3 nitrogen and oxygen atoms in total. The number of fused-ring (bicyclic) bond motifs is 3. The maximum absolute atomic E-state index is 12.3. The van der Waals surface area contributed by atoms with Crippen LogP contribution in [0.4, 0.5) is 0 Å². The molecule has 0 amide bonds. The van der Waals surface area contributed by atoms with Crippen LogP contribution in [0.1, 0.15) is 24.0 Å². The maximum Gasteiger partial charge on any atom is 0.373 e. The summed E-state index contributed by atoms with van der Waals surface area (Å²) in [5.74, 6) is 0.412. The van der Waals surface area contributed by atoms with Crippen molar-refractivity contribution < 1.29 is 14.3 Å². The van der Waals surface area contributed by atoms with Crippen LogP contribution in [0.2, 0.25) is 0 Å². The van der Waals surface area contributed by atoms with Crippen LogP contribution in [0.3, 0.4) is 0 Å². The van der Waals surface area contributed by atoms with Crippen LogP contribution in [0.15, 0.2) is 77.0 Å². The van der Waals surface area contributed by atoms with E-state index >= 15 is 0 Å². The lowest BCUT2D eigenvalue weighted by molar-refractivity contribution is -0.141. The van der Waals surface area contributed by atoms with Crippen LogP contribution < -0.4 is 4.74 Å². The van der Waals surface area contributed by atoms with Gasteiger partial charge in [-0.15, -0.1) is 0 Å². The normalized spacial score (nSPS) is 15.8. The molecular weight excluding hydrogens is 392 g/mol. The van der Waals surface area contributed by atoms with Gasteiger partial charge in [-0.1, -0.05) is 58.4 Å². The number of halogens is 1. The van der Waals surface area contributed by atoms with E-state index in [-0.39, 0.29) is 11.7 Å². The fourth-order valence-corrected chi connectivity index (χ4v) is 3.58. The molecule has 1 atom stereocenters. The highest BCUT2D eigenvalue weighted by atomic mass is 79.9. The molecule has 3 aromatic carbocycles. The number of esters is 1. The molecule has 0 spiro atoms. The lowest BCUT2D eigenvalue weighted by Crippen LogP contribution is -2.19. The molecule has 3 aromatic rings. The summed E-state index contributed by atoms with van der Waals surface area (Å²) >= 11 is 3.48. The predicted octanol–water partition coefficient (Wildman–Crippen LogP) is 5.57. The standard InChI is InChI=1S/C22H17BrO3/c1-2-25-22(24)20-13-18(15-7-10-16(23)11-8-15)21-17-6-4-3-5-14(17)9-12-19(21)26-20/h3-13,18H,2H2,1H3. The number of allylic oxidation sites excluding steroid dienone is 1. The fourth-order valence-electron chi connectivity index (χ4n) is 3.32. The minimum atomic E-state index is -0.437. The molecule has 0 aliphatic carbocycles. The molecule has 26 heavy (non-hydrogen) atoms. The number of benzene rings is 3. The summed E-state index contributed by atoms with van der Waals surface area (Å²) in [6.07, 6.45) is 1.86. The van der Waals surface area contributed by atoms with Crippen molar-refractivity contribution in [3.05, 3.63) is 88.1 Å². The van der Waals surface area contributed by atoms with Crippen molar-refractivity contribution in [2.24, 2.45) is 0 Å². The van der Waals surface area contributed by atoms with E-state index in [1.54, 1.807) is 6.92 Å². The zero-order valence-corrected chi connectivity index (χ0v) is 15.8. The topological polar surface area (TPSA) is 35.5 Å². The van der Waals surface area contributed by atoms with E-state index in [4.69, 9.17) is 9.47 Å². The molecule has 0 radical (unpaired) electrons. The minimum absolute atomic E-state index is 0.0858. The molecule has 0 fully saturated rings. The van der Waals surface area contributed by atoms with Gasteiger partial charge in [0.15, 0.2) is 0 Å². The number of hydrogen-bond acceptors (Lipinski definition) is 3. The third-order valence-electron chi connectivity index (χ3n) is 4.49. The van der Waals surface area contributed by atoms with E-state index in [2.05, 4.69) is 40.2 Å². The summed E-state index contributed by atoms with van der Waals surface area (Å²) in [4.78, 5) is 12.3. The van der Waals surface area contributed by atoms with E-state index in [0.717, 1.165) is 26.4 Å². The Morgan fingerprint density at radius 2 is 1.85 bits per heavy atom. The molecule has 0 N–H and O–H groups in total. The molecule has 0 bridgehead atoms. The smallest absolute Gasteiger partial charge is 0.373 e. The van der Waals surface area contributed by atoms with Gasteiger partial charge in [-0.25, -0.2) is 4.79 Å². The van der Waals surface area contributed by atoms with Gasteiger partial charge in [-0.2, -0.15) is 0 Å². The molecule has 0 saturated carbocycles. The van der Waals surface area contributed by atoms with Gasteiger partial charge in [0.25, 0.3) is 0 Å². The van der Waals surface area contributed by atoms with Crippen molar-refractivity contribution in [2.75, 3.05) is 6.61 Å². The molecule has 4 rings (SSSR count). The van der Waals surface area contributed by atoms with Crippen molar-refractivity contribution >= 4 is 32.7 Å². The number of rotatable bonds is 3. The Kier molecular flexibility index (Phi) is 4.51. The first-order valence-electron chi connectivity index (χ1n) is 8.51. The Morgan fingerprint density at radius 1 is 1.08 bits per heavy atom. The first-order chi connectivity index (χ1) is 12.7. The number of carbonyl (C=O) groups excluding carboxylic acids is 1. The van der Waals surface area contributed by atoms with Gasteiger partial charge in [0.1, 0.15) is 5.75 Å². The second-order valence-electron chi connectivity index (χ2n) is 6.08. The first-order valence-corrected chi connectivity index (χ1v) is 9.30. The van der Waals surface area contributed by atoms with Gasteiger partial charge in [-0.05, 0) is 47.5 Å². The first kappa shape index (κ1) is 16.9. The molecule has 1 aliphatic rings. The Balaban J connectivity index is 1.92. The summed E-state index contributed by atoms with van der Waals surface area (Å²) in [7, 11) is 0. The quantitative estimate of drug-likeness (QED) is 0.531. The third-order valence-corrected chi connectivity index (χ3v) is 5.01. The van der Waals surface area contributed by atoms with Gasteiger partial charge in [0.05, 0.1) is 6.61 Å². The van der Waals surface area contributed by atoms with E-state index in [9.17, 15) is 4.79 Å². The highest BCUT2D eigenvalue weighted by molar-refractivity contribution is 9.10. The molecule has 4 heteroatoms. The second kappa shape index (κ2) is 6.96. The minimum Gasteiger partial charge on any atom is -0.460 e. The second-order valence-corrected chi connectivity index (χ2v) is 7.00. The number of carbonyl (C=O) groups is 1. The van der Waals surface area contributed by atoms with Crippen LogP contribution in [-0.2, 0) is 9.53 Å². The van der Waals surface area contributed by atoms with Crippen molar-refractivity contribution in [2.45, 2.75) is 12.8 Å². The monoisotopic (exact) mass is 408 g/mol. The van der Waals surface area contributed by atoms with Crippen LogP contribution in [-0.4, -0.2) is 12.6 Å². The summed E-state index contributed by atoms with van der Waals surface area (Å²) < 4.78 is 12.1. The molecule has 1 heterocycles. The average Bonchev–Trinajstić information content (AvgIpc) is 2.67. The zero-order valence-electron chi connectivity index (χ0n) is 14.2. The maximum atomic E-state index is 12.3. The van der Waals surface area contributed by atoms with Crippen molar-refractivity contribution in [1.29, 1.82) is 0 Å². The predicted molar refractivity (Wildman–Crippen MR) is 105 cm³/mol. The molecule has 1 unspecified atom stereocenters. The van der Waals surface area contributed by atoms with E-state index in [0.29, 0.717) is 12.4 Å². The molecule has 0 saturated heterocycles. The van der Waals surface area contributed by atoms with E-state index in [1.807, 2.05) is 42.5 Å². The Bertz CT molecular complexity index is 1010. The van der Waals surface area contributed by atoms with Gasteiger partial charge in [0, 0.05) is 16.0 Å². The molecule has 0 aromatic heterocycles. The highest BCUT2D eigenvalue weighted by Crippen LogP contribution is 2.43. The summed E-state index contributed by atoms with van der Waals surface area (Å²) in [5, 5.41) is 2.27. The lowest BCUT2D eigenvalue weighted by atomic mass is 9.85. The van der Waals surface area contributed by atoms with E-state index in [1.165, 1.54) is 0 Å². The number of hydrogen-bond donors (Lipinski definition) is 0. The average molecular weight is 409 g/mol. The van der Waals surface area contributed by atoms with Gasteiger partial charge in [-0.3, -0.25) is 0 Å². The van der Waals surface area contributed by atoms with Gasteiger partial charge < -0.3 is 9.47 Å². The fraction of sp³-hybridized carbons (Fsp3) is 0.136. The Hall–Kier alpha value is -2.59. The van der Waals surface area contributed by atoms with Crippen molar-refractivity contribution in [3.8, 4) is 5.75 Å². The molecule has 1 aliphatic heterocycles. The van der Waals surface area contributed by atoms with E-state index < -0.39 is 5.97 Å². The van der Waals surface area contributed by atoms with Crippen LogP contribution in [0.5, 0.6) is 5.75 Å². The Labute approximate surface area is 160 Å². The zero-order chi connectivity index (χ0) is 18.1. The van der Waals surface area contributed by atoms with Gasteiger partial charge in [0.2, 0.25) is 5.76 Å². The lowest BCUT2D eigenvalue weighted by Gasteiger charge is -2.26. The largest absolute Gasteiger partial charge is 0.460 e. The van der Waals surface area contributed by atoms with Crippen molar-refractivity contribution in [3.63, 3.8) is 0 Å². The third kappa shape index (κ3) is 3.01. The summed E-state index contributed by atoms with van der Waals surface area (Å²) in [6, 6.07) is 20.3. The van der Waals surface area contributed by atoms with Crippen LogP contribution >= 0.6 is 15.9 Å². The summed E-state index contributed by atoms with van der Waals surface area (Å²) in [5.41, 5.74) is 2.16.